The minimum absolute atomic E-state index is 0.115. The summed E-state index contributed by atoms with van der Waals surface area (Å²) in [7, 11) is 0. The maximum absolute atomic E-state index is 12.9. The maximum atomic E-state index is 12.9. The number of aryl methyl sites for hydroxylation is 1. The van der Waals surface area contributed by atoms with Crippen LogP contribution in [0, 0.1) is 18.2 Å². The van der Waals surface area contributed by atoms with Gasteiger partial charge >= 0.3 is 6.03 Å². The molecule has 2 amide bonds. The monoisotopic (exact) mass is 442 g/mol. The van der Waals surface area contributed by atoms with E-state index in [4.69, 9.17) is 14.6 Å². The summed E-state index contributed by atoms with van der Waals surface area (Å²) >= 11 is 1.57. The van der Waals surface area contributed by atoms with Crippen molar-refractivity contribution < 1.29 is 13.6 Å². The molecule has 3 aliphatic rings. The van der Waals surface area contributed by atoms with Gasteiger partial charge in [-0.15, -0.1) is 0 Å². The second-order valence-electron chi connectivity index (χ2n) is 8.66. The third-order valence-corrected chi connectivity index (χ3v) is 7.49. The molecule has 6 N–H and O–H groups in total. The molecule has 7 nitrogen and oxygen atoms in total. The molecule has 1 saturated heterocycles. The normalized spacial score (nSPS) is 28.4. The Balaban J connectivity index is 1.62. The number of carbonyl (C=O) groups is 1. The van der Waals surface area contributed by atoms with Crippen molar-refractivity contribution in [1.29, 1.82) is 0 Å². The van der Waals surface area contributed by atoms with Gasteiger partial charge in [0, 0.05) is 51.2 Å². The largest absolute Gasteiger partial charge is 0.380 e. The molecule has 0 bridgehead atoms. The first-order valence-corrected chi connectivity index (χ1v) is 11.3. The molecular weight excluding hydrogens is 410 g/mol. The number of carbonyl (C=O) groups excluding carboxylic acids is 1. The summed E-state index contributed by atoms with van der Waals surface area (Å²) in [6, 6.07) is 12.8. The second-order valence-corrected chi connectivity index (χ2v) is 9.59. The lowest BCUT2D eigenvalue weighted by Crippen LogP contribution is -2.68. The SMILES string of the molecule is [2H]C([2H])([2H])c1ccc2c(c1)C(NCC1(CN)COC1)(C1CNSc3ccccc3C1)NC(=O)N2. The molecule has 31 heavy (non-hydrogen) atoms. The van der Waals surface area contributed by atoms with Crippen LogP contribution in [0.1, 0.15) is 20.8 Å². The highest BCUT2D eigenvalue weighted by molar-refractivity contribution is 7.97. The van der Waals surface area contributed by atoms with Crippen LogP contribution in [0.2, 0.25) is 0 Å². The van der Waals surface area contributed by atoms with Crippen LogP contribution in [-0.4, -0.2) is 38.9 Å². The minimum Gasteiger partial charge on any atom is -0.380 e. The van der Waals surface area contributed by atoms with Crippen molar-refractivity contribution in [3.63, 3.8) is 0 Å². The van der Waals surface area contributed by atoms with Gasteiger partial charge in [-0.05, 0) is 42.9 Å². The molecule has 0 radical (unpaired) electrons. The Kier molecular flexibility index (Phi) is 4.57. The highest BCUT2D eigenvalue weighted by Gasteiger charge is 2.49. The molecule has 0 aromatic heterocycles. The van der Waals surface area contributed by atoms with Crippen LogP contribution in [-0.2, 0) is 16.8 Å². The third kappa shape index (κ3) is 3.72. The fraction of sp³-hybridized carbons (Fsp3) is 0.435. The summed E-state index contributed by atoms with van der Waals surface area (Å²) in [5.74, 6) is -0.115. The van der Waals surface area contributed by atoms with Gasteiger partial charge in [0.05, 0.1) is 13.2 Å². The zero-order chi connectivity index (χ0) is 24.0. The number of hydrogen-bond donors (Lipinski definition) is 5. The van der Waals surface area contributed by atoms with Crippen molar-refractivity contribution in [2.75, 3.05) is 38.2 Å². The van der Waals surface area contributed by atoms with Crippen molar-refractivity contribution in [3.8, 4) is 0 Å². The molecule has 2 aromatic carbocycles. The minimum atomic E-state index is -2.27. The van der Waals surface area contributed by atoms with Crippen LogP contribution < -0.4 is 26.4 Å². The van der Waals surface area contributed by atoms with E-state index in [2.05, 4.69) is 32.8 Å². The van der Waals surface area contributed by atoms with E-state index in [-0.39, 0.29) is 22.9 Å². The van der Waals surface area contributed by atoms with E-state index >= 15 is 0 Å². The first kappa shape index (κ1) is 17.5. The molecule has 3 aliphatic heterocycles. The lowest BCUT2D eigenvalue weighted by atomic mass is 9.77. The van der Waals surface area contributed by atoms with Crippen molar-refractivity contribution in [2.24, 2.45) is 17.1 Å². The quantitative estimate of drug-likeness (QED) is 0.456. The van der Waals surface area contributed by atoms with E-state index in [1.807, 2.05) is 12.1 Å². The zero-order valence-electron chi connectivity index (χ0n) is 20.2. The van der Waals surface area contributed by atoms with E-state index < -0.39 is 12.5 Å². The number of benzene rings is 2. The van der Waals surface area contributed by atoms with Crippen LogP contribution >= 0.6 is 11.9 Å². The predicted octanol–water partition coefficient (Wildman–Crippen LogP) is 2.32. The summed E-state index contributed by atoms with van der Waals surface area (Å²) in [5.41, 5.74) is 7.56. The lowest BCUT2D eigenvalue weighted by molar-refractivity contribution is -0.109. The Labute approximate surface area is 191 Å². The van der Waals surface area contributed by atoms with E-state index in [9.17, 15) is 4.79 Å². The number of anilines is 1. The smallest absolute Gasteiger partial charge is 0.320 e. The Hall–Kier alpha value is -2.10. The summed E-state index contributed by atoms with van der Waals surface area (Å²) in [6.45, 7) is 0.381. The first-order valence-electron chi connectivity index (χ1n) is 12.0. The maximum Gasteiger partial charge on any atom is 0.320 e. The highest BCUT2D eigenvalue weighted by Crippen LogP contribution is 2.41. The Bertz CT molecular complexity index is 1090. The number of hydrogen-bond acceptors (Lipinski definition) is 6. The highest BCUT2D eigenvalue weighted by atomic mass is 32.2. The average Bonchev–Trinajstić information content (AvgIpc) is 3.00. The molecule has 1 fully saturated rings. The fourth-order valence-electron chi connectivity index (χ4n) is 4.63. The van der Waals surface area contributed by atoms with E-state index in [1.165, 1.54) is 5.56 Å². The van der Waals surface area contributed by atoms with E-state index in [0.29, 0.717) is 50.5 Å². The van der Waals surface area contributed by atoms with Crippen molar-refractivity contribution in [1.82, 2.24) is 15.4 Å². The van der Waals surface area contributed by atoms with Gasteiger partial charge in [0.1, 0.15) is 5.66 Å². The van der Waals surface area contributed by atoms with Crippen LogP contribution in [0.25, 0.3) is 0 Å². The van der Waals surface area contributed by atoms with Crippen molar-refractivity contribution in [2.45, 2.75) is 23.8 Å². The molecule has 0 saturated carbocycles. The van der Waals surface area contributed by atoms with E-state index in [1.54, 1.807) is 30.1 Å². The molecule has 3 heterocycles. The Morgan fingerprint density at radius 1 is 1.32 bits per heavy atom. The molecule has 2 atom stereocenters. The van der Waals surface area contributed by atoms with Crippen LogP contribution in [0.4, 0.5) is 10.5 Å². The Morgan fingerprint density at radius 3 is 2.97 bits per heavy atom. The molecular formula is C23H29N5O2S. The van der Waals surface area contributed by atoms with Gasteiger partial charge in [-0.1, -0.05) is 35.9 Å². The molecule has 8 heteroatoms. The van der Waals surface area contributed by atoms with E-state index in [0.717, 1.165) is 4.90 Å². The summed E-state index contributed by atoms with van der Waals surface area (Å²) in [5, 5.41) is 9.68. The summed E-state index contributed by atoms with van der Waals surface area (Å²) < 4.78 is 32.8. The predicted molar refractivity (Wildman–Crippen MR) is 123 cm³/mol. The molecule has 0 aliphatic carbocycles. The Morgan fingerprint density at radius 2 is 2.19 bits per heavy atom. The number of nitrogens with two attached hydrogens (primary N) is 1. The van der Waals surface area contributed by atoms with Crippen molar-refractivity contribution in [3.05, 3.63) is 59.2 Å². The zero-order valence-corrected chi connectivity index (χ0v) is 18.0. The van der Waals surface area contributed by atoms with Gasteiger partial charge in [-0.2, -0.15) is 0 Å². The number of urea groups is 1. The first-order chi connectivity index (χ1) is 16.2. The van der Waals surface area contributed by atoms with Gasteiger partial charge in [0.15, 0.2) is 0 Å². The third-order valence-electron chi connectivity index (χ3n) is 6.56. The van der Waals surface area contributed by atoms with Crippen molar-refractivity contribution >= 4 is 23.7 Å². The van der Waals surface area contributed by atoms with Crippen LogP contribution in [0.15, 0.2) is 47.4 Å². The van der Waals surface area contributed by atoms with Gasteiger partial charge in [0.2, 0.25) is 0 Å². The fourth-order valence-corrected chi connectivity index (χ4v) is 5.50. The molecule has 0 spiro atoms. The van der Waals surface area contributed by atoms with Gasteiger partial charge in [-0.25, -0.2) is 4.79 Å². The van der Waals surface area contributed by atoms with Gasteiger partial charge in [0.25, 0.3) is 0 Å². The number of amides is 2. The topological polar surface area (TPSA) is 100 Å². The van der Waals surface area contributed by atoms with Crippen LogP contribution in [0.5, 0.6) is 0 Å². The number of ether oxygens (including phenoxy) is 1. The molecule has 164 valence electrons. The second kappa shape index (κ2) is 8.11. The lowest BCUT2D eigenvalue weighted by Gasteiger charge is -2.49. The average molecular weight is 443 g/mol. The number of nitrogens with one attached hydrogen (secondary N) is 4. The number of fused-ring (bicyclic) bond motifs is 2. The number of rotatable bonds is 5. The van der Waals surface area contributed by atoms with Crippen LogP contribution in [0.3, 0.4) is 0 Å². The van der Waals surface area contributed by atoms with Gasteiger partial charge in [-0.3, -0.25) is 10.0 Å². The summed E-state index contributed by atoms with van der Waals surface area (Å²) in [4.78, 5) is 14.1. The standard InChI is InChI=1S/C23H29N5O2S/c1-15-6-7-19-18(8-15)23(28-21(29)27-19,25-12-22(11-24)13-30-14-22)17-9-16-4-2-3-5-20(16)31-26-10-17/h2-8,17,25-26H,9-14,24H2,1H3,(H2,27,28,29)/i1D3. The summed E-state index contributed by atoms with van der Waals surface area (Å²) in [6.07, 6.45) is 0.688. The molecule has 5 rings (SSSR count). The molecule has 2 unspecified atom stereocenters. The molecule has 2 aromatic rings. The van der Waals surface area contributed by atoms with Gasteiger partial charge < -0.3 is 21.1 Å².